The summed E-state index contributed by atoms with van der Waals surface area (Å²) < 4.78 is 5.71. The lowest BCUT2D eigenvalue weighted by Gasteiger charge is -2.45. The second kappa shape index (κ2) is 7.42. The maximum atomic E-state index is 12.9. The van der Waals surface area contributed by atoms with Gasteiger partial charge in [0.25, 0.3) is 0 Å². The normalized spacial score (nSPS) is 24.1. The quantitative estimate of drug-likeness (QED) is 0.765. The van der Waals surface area contributed by atoms with Gasteiger partial charge in [0.05, 0.1) is 19.3 Å². The molecule has 2 aliphatic rings. The summed E-state index contributed by atoms with van der Waals surface area (Å²) in [5.74, 6) is -0.558. The average Bonchev–Trinajstić information content (AvgIpc) is 2.41. The Hall–Kier alpha value is -1.14. The smallest absolute Gasteiger partial charge is 0.317 e. The van der Waals surface area contributed by atoms with E-state index in [9.17, 15) is 9.59 Å². The molecule has 0 aromatic carbocycles. The number of likely N-dealkylation sites (N-methyl/N-ethyl adjacent to an activating group) is 1. The summed E-state index contributed by atoms with van der Waals surface area (Å²) in [5, 5.41) is 8.81. The maximum absolute atomic E-state index is 12.9. The second-order valence-electron chi connectivity index (χ2n) is 6.72. The fraction of sp³-hybridized carbons (Fsp3) is 0.875. The molecule has 1 aliphatic heterocycles. The summed E-state index contributed by atoms with van der Waals surface area (Å²) in [5.41, 5.74) is -0.121. The molecule has 1 saturated carbocycles. The van der Waals surface area contributed by atoms with Gasteiger partial charge in [-0.25, -0.2) is 0 Å². The van der Waals surface area contributed by atoms with Crippen LogP contribution in [0.4, 0.5) is 0 Å². The third kappa shape index (κ3) is 3.98. The molecule has 1 aliphatic carbocycles. The summed E-state index contributed by atoms with van der Waals surface area (Å²) in [7, 11) is 1.77. The van der Waals surface area contributed by atoms with Gasteiger partial charge in [0.15, 0.2) is 0 Å². The number of carbonyl (C=O) groups excluding carboxylic acids is 1. The SMILES string of the molecule is CCCC1(C(=O)N2CCOC(CN(C)CC(=O)O)C2)CCC1. The minimum atomic E-state index is -0.845. The first-order chi connectivity index (χ1) is 10.5. The van der Waals surface area contributed by atoms with Gasteiger partial charge in [0.2, 0.25) is 5.91 Å². The van der Waals surface area contributed by atoms with Crippen LogP contribution >= 0.6 is 0 Å². The Morgan fingerprint density at radius 1 is 1.41 bits per heavy atom. The molecule has 22 heavy (non-hydrogen) atoms. The van der Waals surface area contributed by atoms with Crippen LogP contribution in [-0.4, -0.2) is 72.7 Å². The van der Waals surface area contributed by atoms with Crippen molar-refractivity contribution in [3.8, 4) is 0 Å². The maximum Gasteiger partial charge on any atom is 0.317 e. The third-order valence-electron chi connectivity index (χ3n) is 4.84. The molecular weight excluding hydrogens is 284 g/mol. The summed E-state index contributed by atoms with van der Waals surface area (Å²) in [6.45, 7) is 4.44. The first-order valence-electron chi connectivity index (χ1n) is 8.28. The molecule has 2 fully saturated rings. The first kappa shape index (κ1) is 17.2. The molecule has 0 aromatic rings. The van der Waals surface area contributed by atoms with Crippen molar-refractivity contribution in [2.75, 3.05) is 39.8 Å². The molecular formula is C16H28N2O4. The van der Waals surface area contributed by atoms with Crippen LogP contribution in [-0.2, 0) is 14.3 Å². The summed E-state index contributed by atoms with van der Waals surface area (Å²) >= 11 is 0. The Morgan fingerprint density at radius 2 is 2.14 bits per heavy atom. The molecule has 0 bridgehead atoms. The highest BCUT2D eigenvalue weighted by Crippen LogP contribution is 2.46. The molecule has 1 heterocycles. The number of hydrogen-bond donors (Lipinski definition) is 1. The van der Waals surface area contributed by atoms with Gasteiger partial charge in [-0.15, -0.1) is 0 Å². The van der Waals surface area contributed by atoms with E-state index in [1.807, 2.05) is 4.90 Å². The highest BCUT2D eigenvalue weighted by atomic mass is 16.5. The van der Waals surface area contributed by atoms with Crippen molar-refractivity contribution in [3.63, 3.8) is 0 Å². The number of rotatable bonds is 7. The van der Waals surface area contributed by atoms with Crippen molar-refractivity contribution in [1.29, 1.82) is 0 Å². The molecule has 1 N–H and O–H groups in total. The minimum Gasteiger partial charge on any atom is -0.480 e. The van der Waals surface area contributed by atoms with E-state index in [4.69, 9.17) is 9.84 Å². The van der Waals surface area contributed by atoms with E-state index in [1.165, 1.54) is 0 Å². The number of amides is 1. The topological polar surface area (TPSA) is 70.1 Å². The Kier molecular flexibility index (Phi) is 5.81. The van der Waals surface area contributed by atoms with E-state index in [1.54, 1.807) is 11.9 Å². The van der Waals surface area contributed by atoms with Gasteiger partial charge < -0.3 is 14.7 Å². The summed E-state index contributed by atoms with van der Waals surface area (Å²) in [6.07, 6.45) is 5.11. The molecule has 1 unspecified atom stereocenters. The number of nitrogens with zero attached hydrogens (tertiary/aromatic N) is 2. The van der Waals surface area contributed by atoms with Crippen LogP contribution in [0.15, 0.2) is 0 Å². The molecule has 1 atom stereocenters. The van der Waals surface area contributed by atoms with Crippen LogP contribution in [0.3, 0.4) is 0 Å². The lowest BCUT2D eigenvalue weighted by Crippen LogP contribution is -2.55. The largest absolute Gasteiger partial charge is 0.480 e. The number of ether oxygens (including phenoxy) is 1. The van der Waals surface area contributed by atoms with Crippen LogP contribution in [0.1, 0.15) is 39.0 Å². The standard InChI is InChI=1S/C16H28N2O4/c1-3-5-16(6-4-7-16)15(21)18-8-9-22-13(11-18)10-17(2)12-14(19)20/h13H,3-12H2,1-2H3,(H,19,20). The van der Waals surface area contributed by atoms with Crippen molar-refractivity contribution in [2.45, 2.75) is 45.1 Å². The highest BCUT2D eigenvalue weighted by Gasteiger charge is 2.46. The number of carbonyl (C=O) groups is 2. The second-order valence-corrected chi connectivity index (χ2v) is 6.72. The van der Waals surface area contributed by atoms with E-state index in [-0.39, 0.29) is 24.0 Å². The van der Waals surface area contributed by atoms with Gasteiger partial charge in [0.1, 0.15) is 0 Å². The van der Waals surface area contributed by atoms with Gasteiger partial charge >= 0.3 is 5.97 Å². The lowest BCUT2D eigenvalue weighted by atomic mass is 9.65. The van der Waals surface area contributed by atoms with E-state index < -0.39 is 5.97 Å². The van der Waals surface area contributed by atoms with Crippen molar-refractivity contribution in [3.05, 3.63) is 0 Å². The average molecular weight is 312 g/mol. The lowest BCUT2D eigenvalue weighted by molar-refractivity contribution is -0.156. The predicted octanol–water partition coefficient (Wildman–Crippen LogP) is 1.20. The first-order valence-corrected chi connectivity index (χ1v) is 8.28. The van der Waals surface area contributed by atoms with Crippen molar-refractivity contribution < 1.29 is 19.4 Å². The van der Waals surface area contributed by atoms with Gasteiger partial charge in [-0.3, -0.25) is 14.5 Å². The zero-order valence-corrected chi connectivity index (χ0v) is 13.7. The molecule has 0 spiro atoms. The van der Waals surface area contributed by atoms with Crippen molar-refractivity contribution >= 4 is 11.9 Å². The molecule has 1 amide bonds. The predicted molar refractivity (Wildman–Crippen MR) is 82.6 cm³/mol. The monoisotopic (exact) mass is 312 g/mol. The van der Waals surface area contributed by atoms with E-state index in [0.29, 0.717) is 26.2 Å². The van der Waals surface area contributed by atoms with Crippen molar-refractivity contribution in [2.24, 2.45) is 5.41 Å². The van der Waals surface area contributed by atoms with Crippen LogP contribution in [0.2, 0.25) is 0 Å². The number of carboxylic acid groups (broad SMARTS) is 1. The fourth-order valence-corrected chi connectivity index (χ4v) is 3.65. The van der Waals surface area contributed by atoms with E-state index in [0.717, 1.165) is 32.1 Å². The molecule has 6 heteroatoms. The Balaban J connectivity index is 1.89. The zero-order valence-electron chi connectivity index (χ0n) is 13.7. The number of morpholine rings is 1. The van der Waals surface area contributed by atoms with E-state index >= 15 is 0 Å². The Morgan fingerprint density at radius 3 is 2.68 bits per heavy atom. The van der Waals surface area contributed by atoms with Crippen LogP contribution in [0.25, 0.3) is 0 Å². The molecule has 126 valence electrons. The zero-order chi connectivity index (χ0) is 16.2. The van der Waals surface area contributed by atoms with Gasteiger partial charge in [-0.05, 0) is 26.3 Å². The highest BCUT2D eigenvalue weighted by molar-refractivity contribution is 5.83. The number of hydrogen-bond acceptors (Lipinski definition) is 4. The van der Waals surface area contributed by atoms with Crippen LogP contribution < -0.4 is 0 Å². The third-order valence-corrected chi connectivity index (χ3v) is 4.84. The Bertz CT molecular complexity index is 409. The number of carboxylic acids is 1. The van der Waals surface area contributed by atoms with Gasteiger partial charge in [-0.1, -0.05) is 19.8 Å². The summed E-state index contributed by atoms with van der Waals surface area (Å²) in [6, 6.07) is 0. The molecule has 1 saturated heterocycles. The van der Waals surface area contributed by atoms with E-state index in [2.05, 4.69) is 6.92 Å². The van der Waals surface area contributed by atoms with Gasteiger partial charge in [0, 0.05) is 25.0 Å². The minimum absolute atomic E-state index is 0.00637. The number of aliphatic carboxylic acids is 1. The molecule has 0 aromatic heterocycles. The Labute approximate surface area is 132 Å². The molecule has 6 nitrogen and oxygen atoms in total. The van der Waals surface area contributed by atoms with Gasteiger partial charge in [-0.2, -0.15) is 0 Å². The molecule has 2 rings (SSSR count). The van der Waals surface area contributed by atoms with Crippen molar-refractivity contribution in [1.82, 2.24) is 9.80 Å². The van der Waals surface area contributed by atoms with Crippen LogP contribution in [0.5, 0.6) is 0 Å². The molecule has 0 radical (unpaired) electrons. The van der Waals surface area contributed by atoms with Crippen LogP contribution in [0, 0.1) is 5.41 Å². The summed E-state index contributed by atoms with van der Waals surface area (Å²) in [4.78, 5) is 27.3. The fourth-order valence-electron chi connectivity index (χ4n) is 3.65.